The average Bonchev–Trinajstić information content (AvgIpc) is 2.64. The van der Waals surface area contributed by atoms with E-state index in [4.69, 9.17) is 4.74 Å². The van der Waals surface area contributed by atoms with Gasteiger partial charge in [-0.1, -0.05) is 35.9 Å². The summed E-state index contributed by atoms with van der Waals surface area (Å²) in [5, 5.41) is 9.37. The lowest BCUT2D eigenvalue weighted by molar-refractivity contribution is -0.114. The van der Waals surface area contributed by atoms with Gasteiger partial charge in [0.2, 0.25) is 5.91 Å². The molecule has 0 aliphatic carbocycles. The first-order valence-corrected chi connectivity index (χ1v) is 9.04. The van der Waals surface area contributed by atoms with E-state index in [9.17, 15) is 4.79 Å². The fourth-order valence-electron chi connectivity index (χ4n) is 2.66. The molecule has 2 aromatic rings. The smallest absolute Gasteiger partial charge is 0.221 e. The number of benzene rings is 2. The predicted molar refractivity (Wildman–Crippen MR) is 126 cm³/mol. The van der Waals surface area contributed by atoms with Crippen LogP contribution >= 0.6 is 24.0 Å². The molecule has 1 amide bonds. The number of rotatable bonds is 7. The molecule has 7 heteroatoms. The number of ether oxygens (including phenoxy) is 1. The van der Waals surface area contributed by atoms with Crippen molar-refractivity contribution in [1.29, 1.82) is 0 Å². The van der Waals surface area contributed by atoms with E-state index in [0.29, 0.717) is 24.5 Å². The van der Waals surface area contributed by atoms with Crippen LogP contribution in [0.25, 0.3) is 0 Å². The Labute approximate surface area is 184 Å². The van der Waals surface area contributed by atoms with Crippen molar-refractivity contribution in [2.24, 2.45) is 4.99 Å². The number of guanidine groups is 1. The first-order valence-electron chi connectivity index (χ1n) is 9.04. The van der Waals surface area contributed by atoms with Crippen LogP contribution in [0.2, 0.25) is 0 Å². The Kier molecular flexibility index (Phi) is 10.4. The second-order valence-corrected chi connectivity index (χ2v) is 6.25. The molecule has 0 bridgehead atoms. The highest BCUT2D eigenvalue weighted by atomic mass is 127. The first-order chi connectivity index (χ1) is 13.0. The molecule has 6 nitrogen and oxygen atoms in total. The number of nitrogens with one attached hydrogen (secondary N) is 3. The van der Waals surface area contributed by atoms with Gasteiger partial charge in [-0.05, 0) is 37.1 Å². The minimum absolute atomic E-state index is 0. The van der Waals surface area contributed by atoms with Gasteiger partial charge in [0.15, 0.2) is 5.96 Å². The summed E-state index contributed by atoms with van der Waals surface area (Å²) in [5.74, 6) is 1.25. The average molecular weight is 496 g/mol. The highest BCUT2D eigenvalue weighted by molar-refractivity contribution is 14.0. The van der Waals surface area contributed by atoms with Crippen molar-refractivity contribution in [3.63, 3.8) is 0 Å². The number of nitrogens with zero attached hydrogens (tertiary/aromatic N) is 1. The van der Waals surface area contributed by atoms with Crippen LogP contribution in [0.1, 0.15) is 30.5 Å². The molecular formula is C21H29IN4O2. The van der Waals surface area contributed by atoms with Crippen LogP contribution < -0.4 is 20.7 Å². The van der Waals surface area contributed by atoms with Crippen molar-refractivity contribution in [2.75, 3.05) is 19.0 Å². The summed E-state index contributed by atoms with van der Waals surface area (Å²) in [5.41, 5.74) is 4.07. The predicted octanol–water partition coefficient (Wildman–Crippen LogP) is 3.84. The lowest BCUT2D eigenvalue weighted by atomic mass is 10.1. The van der Waals surface area contributed by atoms with Gasteiger partial charge >= 0.3 is 0 Å². The second-order valence-electron chi connectivity index (χ2n) is 6.25. The van der Waals surface area contributed by atoms with Gasteiger partial charge in [0.25, 0.3) is 0 Å². The third kappa shape index (κ3) is 7.75. The van der Waals surface area contributed by atoms with Gasteiger partial charge in [0, 0.05) is 20.0 Å². The van der Waals surface area contributed by atoms with E-state index in [1.165, 1.54) is 18.1 Å². The van der Waals surface area contributed by atoms with E-state index in [0.717, 1.165) is 18.1 Å². The third-order valence-electron chi connectivity index (χ3n) is 3.88. The molecule has 2 aromatic carbocycles. The van der Waals surface area contributed by atoms with Gasteiger partial charge in [0.1, 0.15) is 5.75 Å². The normalized spacial score (nSPS) is 10.6. The molecule has 0 aliphatic heterocycles. The van der Waals surface area contributed by atoms with Crippen molar-refractivity contribution in [3.05, 3.63) is 59.2 Å². The van der Waals surface area contributed by atoms with Crippen molar-refractivity contribution in [3.8, 4) is 5.75 Å². The van der Waals surface area contributed by atoms with Crippen molar-refractivity contribution < 1.29 is 9.53 Å². The van der Waals surface area contributed by atoms with Gasteiger partial charge in [-0.3, -0.25) is 4.79 Å². The Bertz CT molecular complexity index is 809. The summed E-state index contributed by atoms with van der Waals surface area (Å²) in [7, 11) is 1.58. The molecule has 28 heavy (non-hydrogen) atoms. The van der Waals surface area contributed by atoms with Crippen LogP contribution in [0.4, 0.5) is 5.69 Å². The van der Waals surface area contributed by atoms with E-state index in [2.05, 4.69) is 46.1 Å². The molecule has 0 heterocycles. The number of anilines is 1. The molecule has 0 saturated carbocycles. The standard InChI is InChI=1S/C21H28N4O2.HI/c1-5-22-21(23-13-17-8-6-7-15(2)11-17)24-14-18-9-10-20(27-4)19(12-18)25-16(3)26;/h6-12H,5,13-14H2,1-4H3,(H,25,26)(H2,22,23,24);1H. The maximum Gasteiger partial charge on any atom is 0.221 e. The minimum Gasteiger partial charge on any atom is -0.495 e. The molecule has 0 aromatic heterocycles. The Morgan fingerprint density at radius 1 is 1.11 bits per heavy atom. The lowest BCUT2D eigenvalue weighted by Crippen LogP contribution is -2.36. The Morgan fingerprint density at radius 2 is 1.89 bits per heavy atom. The summed E-state index contributed by atoms with van der Waals surface area (Å²) < 4.78 is 5.29. The fraction of sp³-hybridized carbons (Fsp3) is 0.333. The van der Waals surface area contributed by atoms with Crippen LogP contribution in [0.3, 0.4) is 0 Å². The summed E-state index contributed by atoms with van der Waals surface area (Å²) >= 11 is 0. The Balaban J connectivity index is 0.00000392. The molecular weight excluding hydrogens is 467 g/mol. The number of carbonyl (C=O) groups is 1. The van der Waals surface area contributed by atoms with Gasteiger partial charge < -0.3 is 20.7 Å². The van der Waals surface area contributed by atoms with Gasteiger partial charge in [-0.2, -0.15) is 0 Å². The van der Waals surface area contributed by atoms with Gasteiger partial charge in [-0.15, -0.1) is 24.0 Å². The Morgan fingerprint density at radius 3 is 2.54 bits per heavy atom. The second kappa shape index (κ2) is 12.2. The maximum atomic E-state index is 11.4. The molecule has 3 N–H and O–H groups in total. The highest BCUT2D eigenvalue weighted by Crippen LogP contribution is 2.25. The van der Waals surface area contributed by atoms with Crippen molar-refractivity contribution >= 4 is 41.5 Å². The molecule has 2 rings (SSSR count). The number of amides is 1. The van der Waals surface area contributed by atoms with E-state index >= 15 is 0 Å². The molecule has 0 radical (unpaired) electrons. The summed E-state index contributed by atoms with van der Waals surface area (Å²) in [4.78, 5) is 16.0. The van der Waals surface area contributed by atoms with Crippen LogP contribution in [0.5, 0.6) is 5.75 Å². The van der Waals surface area contributed by atoms with Crippen LogP contribution in [-0.4, -0.2) is 25.5 Å². The quantitative estimate of drug-likeness (QED) is 0.310. The number of aryl methyl sites for hydroxylation is 1. The Hall–Kier alpha value is -2.29. The zero-order chi connectivity index (χ0) is 19.6. The monoisotopic (exact) mass is 496 g/mol. The number of halogens is 1. The number of methoxy groups -OCH3 is 1. The summed E-state index contributed by atoms with van der Waals surface area (Å²) in [6.45, 7) is 7.55. The summed E-state index contributed by atoms with van der Waals surface area (Å²) in [6, 6.07) is 14.0. The van der Waals surface area contributed by atoms with E-state index < -0.39 is 0 Å². The molecule has 152 valence electrons. The van der Waals surface area contributed by atoms with Crippen LogP contribution in [-0.2, 0) is 17.9 Å². The molecule has 0 spiro atoms. The topological polar surface area (TPSA) is 74.8 Å². The molecule has 0 atom stereocenters. The number of carbonyl (C=O) groups excluding carboxylic acids is 1. The van der Waals surface area contributed by atoms with Gasteiger partial charge in [0.05, 0.1) is 19.3 Å². The largest absolute Gasteiger partial charge is 0.495 e. The van der Waals surface area contributed by atoms with Gasteiger partial charge in [-0.25, -0.2) is 4.99 Å². The lowest BCUT2D eigenvalue weighted by Gasteiger charge is -2.14. The number of hydrogen-bond acceptors (Lipinski definition) is 3. The SMILES string of the molecule is CCNC(=NCc1cccc(C)c1)NCc1ccc(OC)c(NC(C)=O)c1.I. The van der Waals surface area contributed by atoms with Crippen LogP contribution in [0, 0.1) is 6.92 Å². The van der Waals surface area contributed by atoms with E-state index in [1.54, 1.807) is 7.11 Å². The number of aliphatic imine (C=N–C) groups is 1. The summed E-state index contributed by atoms with van der Waals surface area (Å²) in [6.07, 6.45) is 0. The van der Waals surface area contributed by atoms with E-state index in [-0.39, 0.29) is 29.9 Å². The zero-order valence-electron chi connectivity index (χ0n) is 16.8. The molecule has 0 aliphatic rings. The van der Waals surface area contributed by atoms with Crippen molar-refractivity contribution in [1.82, 2.24) is 10.6 Å². The molecule has 0 unspecified atom stereocenters. The fourth-order valence-corrected chi connectivity index (χ4v) is 2.66. The van der Waals surface area contributed by atoms with Crippen LogP contribution in [0.15, 0.2) is 47.5 Å². The minimum atomic E-state index is -0.133. The zero-order valence-corrected chi connectivity index (χ0v) is 19.2. The van der Waals surface area contributed by atoms with Crippen molar-refractivity contribution in [2.45, 2.75) is 33.9 Å². The molecule has 0 saturated heterocycles. The highest BCUT2D eigenvalue weighted by Gasteiger charge is 2.07. The first kappa shape index (κ1) is 23.7. The molecule has 0 fully saturated rings. The van der Waals surface area contributed by atoms with E-state index in [1.807, 2.05) is 31.2 Å². The maximum absolute atomic E-state index is 11.4. The third-order valence-corrected chi connectivity index (χ3v) is 3.88. The number of hydrogen-bond donors (Lipinski definition) is 3.